The van der Waals surface area contributed by atoms with Crippen LogP contribution in [0.3, 0.4) is 0 Å². The van der Waals surface area contributed by atoms with E-state index in [2.05, 4.69) is 0 Å². The fourth-order valence-electron chi connectivity index (χ4n) is 1.35. The third-order valence-electron chi connectivity index (χ3n) is 2.18. The summed E-state index contributed by atoms with van der Waals surface area (Å²) < 4.78 is 13.1. The van der Waals surface area contributed by atoms with E-state index in [1.165, 1.54) is 10.5 Å². The van der Waals surface area contributed by atoms with Crippen molar-refractivity contribution in [1.82, 2.24) is 4.31 Å². The Morgan fingerprint density at radius 1 is 1.41 bits per heavy atom. The smallest absolute Gasteiger partial charge is 0.357 e. The maximum Gasteiger partial charge on any atom is 0.357 e. The molecule has 0 aromatic heterocycles. The van der Waals surface area contributed by atoms with Gasteiger partial charge in [-0.05, 0) is 39.3 Å². The van der Waals surface area contributed by atoms with E-state index in [1.807, 2.05) is 20.8 Å². The molecule has 1 heterocycles. The summed E-state index contributed by atoms with van der Waals surface area (Å²) in [5.41, 5.74) is 0.642. The molecule has 17 heavy (non-hydrogen) atoms. The molecule has 0 fully saturated rings. The molecule has 0 bridgehead atoms. The maximum absolute atomic E-state index is 12.3. The molecule has 0 saturated heterocycles. The predicted octanol–water partition coefficient (Wildman–Crippen LogP) is 2.19. The van der Waals surface area contributed by atoms with Crippen molar-refractivity contribution in [2.75, 3.05) is 0 Å². The molecule has 0 unspecified atom stereocenters. The second-order valence-corrected chi connectivity index (χ2v) is 6.84. The summed E-state index contributed by atoms with van der Waals surface area (Å²) in [6.45, 7) is 7.12. The summed E-state index contributed by atoms with van der Waals surface area (Å²) in [4.78, 5) is 11.3. The Labute approximate surface area is 105 Å². The number of carboxylic acid groups (broad SMARTS) is 1. The van der Waals surface area contributed by atoms with E-state index in [0.29, 0.717) is 5.57 Å². The quantitative estimate of drug-likeness (QED) is 0.768. The van der Waals surface area contributed by atoms with Crippen LogP contribution in [0.4, 0.5) is 0 Å². The Hall–Kier alpha value is -1.20. The number of aliphatic carboxylic acids is 1. The van der Waals surface area contributed by atoms with Crippen LogP contribution < -0.4 is 0 Å². The highest BCUT2D eigenvalue weighted by atomic mass is 32.2. The largest absolute Gasteiger partial charge is 0.592 e. The van der Waals surface area contributed by atoms with E-state index in [-0.39, 0.29) is 5.70 Å². The van der Waals surface area contributed by atoms with Crippen LogP contribution in [0, 0.1) is 0 Å². The maximum atomic E-state index is 12.3. The van der Waals surface area contributed by atoms with Crippen LogP contribution in [-0.2, 0) is 16.2 Å². The molecule has 5 heteroatoms. The van der Waals surface area contributed by atoms with Crippen LogP contribution in [0.15, 0.2) is 35.7 Å². The van der Waals surface area contributed by atoms with Crippen molar-refractivity contribution in [2.45, 2.75) is 32.4 Å². The lowest BCUT2D eigenvalue weighted by molar-refractivity contribution is -0.133. The Balaban J connectivity index is 3.21. The Bertz CT molecular complexity index is 404. The topological polar surface area (TPSA) is 63.6 Å². The number of hydrogen-bond acceptors (Lipinski definition) is 3. The van der Waals surface area contributed by atoms with Gasteiger partial charge in [-0.2, -0.15) is 4.31 Å². The molecule has 0 amide bonds. The molecule has 0 aromatic carbocycles. The zero-order valence-electron chi connectivity index (χ0n) is 10.4. The molecular weight excluding hydrogens is 238 g/mol. The Morgan fingerprint density at radius 3 is 2.47 bits per heavy atom. The van der Waals surface area contributed by atoms with Gasteiger partial charge in [0.15, 0.2) is 5.70 Å². The molecular formula is C12H17NO3S. The SMILES string of the molecule is CC1=C(C(=O)O)N([S@@+]([O-])C(C)(C)C)C=CC=C1. The molecule has 1 rings (SSSR count). The van der Waals surface area contributed by atoms with Gasteiger partial charge in [0.25, 0.3) is 0 Å². The average Bonchev–Trinajstić information content (AvgIpc) is 2.37. The molecule has 0 radical (unpaired) electrons. The molecule has 1 aliphatic rings. The highest BCUT2D eigenvalue weighted by Crippen LogP contribution is 2.27. The summed E-state index contributed by atoms with van der Waals surface area (Å²) in [6, 6.07) is 0. The summed E-state index contributed by atoms with van der Waals surface area (Å²) >= 11 is -1.44. The van der Waals surface area contributed by atoms with Crippen LogP contribution in [0.1, 0.15) is 27.7 Å². The third-order valence-corrected chi connectivity index (χ3v) is 3.89. The second kappa shape index (κ2) is 4.98. The molecule has 0 aromatic rings. The first-order valence-corrected chi connectivity index (χ1v) is 6.36. The standard InChI is InChI=1S/C12H17NO3S/c1-9-7-5-6-8-13(10(9)11(14)15)17(16)12(2,3)4/h5-8H,1-4H3,(H,14,15)/t17-/m0/s1. The van der Waals surface area contributed by atoms with E-state index in [9.17, 15) is 14.5 Å². The molecule has 4 nitrogen and oxygen atoms in total. The van der Waals surface area contributed by atoms with Gasteiger partial charge in [-0.3, -0.25) is 0 Å². The van der Waals surface area contributed by atoms with E-state index in [0.717, 1.165) is 0 Å². The van der Waals surface area contributed by atoms with Crippen LogP contribution in [0.2, 0.25) is 0 Å². The highest BCUT2D eigenvalue weighted by molar-refractivity contribution is 7.90. The van der Waals surface area contributed by atoms with Crippen LogP contribution >= 0.6 is 0 Å². The highest BCUT2D eigenvalue weighted by Gasteiger charge is 2.36. The lowest BCUT2D eigenvalue weighted by atomic mass is 10.2. The minimum Gasteiger partial charge on any atom is -0.592 e. The third kappa shape index (κ3) is 3.14. The minimum atomic E-state index is -1.44. The van der Waals surface area contributed by atoms with Gasteiger partial charge in [0.1, 0.15) is 4.75 Å². The minimum absolute atomic E-state index is 0.0586. The van der Waals surface area contributed by atoms with Crippen molar-refractivity contribution in [3.05, 3.63) is 35.7 Å². The van der Waals surface area contributed by atoms with Crippen LogP contribution in [0.25, 0.3) is 0 Å². The molecule has 94 valence electrons. The number of nitrogens with zero attached hydrogens (tertiary/aromatic N) is 1. The van der Waals surface area contributed by atoms with Crippen molar-refractivity contribution < 1.29 is 14.5 Å². The molecule has 1 N–H and O–H groups in total. The molecule has 1 atom stereocenters. The van der Waals surface area contributed by atoms with Gasteiger partial charge in [0, 0.05) is 0 Å². The van der Waals surface area contributed by atoms with Crippen LogP contribution in [0.5, 0.6) is 0 Å². The first-order valence-electron chi connectivity index (χ1n) is 5.25. The monoisotopic (exact) mass is 255 g/mol. The average molecular weight is 255 g/mol. The molecule has 1 aliphatic heterocycles. The van der Waals surface area contributed by atoms with E-state index in [1.54, 1.807) is 25.2 Å². The first kappa shape index (κ1) is 13.9. The number of carboxylic acids is 1. The Morgan fingerprint density at radius 2 is 2.00 bits per heavy atom. The van der Waals surface area contributed by atoms with E-state index >= 15 is 0 Å². The van der Waals surface area contributed by atoms with E-state index in [4.69, 9.17) is 0 Å². The Kier molecular flexibility index (Phi) is 4.06. The lowest BCUT2D eigenvalue weighted by Gasteiger charge is -2.31. The predicted molar refractivity (Wildman–Crippen MR) is 68.4 cm³/mol. The summed E-state index contributed by atoms with van der Waals surface area (Å²) in [6.07, 6.45) is 6.65. The molecule has 0 saturated carbocycles. The normalized spacial score (nSPS) is 18.3. The van der Waals surface area contributed by atoms with Crippen molar-refractivity contribution in [3.63, 3.8) is 0 Å². The first-order chi connectivity index (χ1) is 7.75. The van der Waals surface area contributed by atoms with Gasteiger partial charge in [0.05, 0.1) is 17.6 Å². The van der Waals surface area contributed by atoms with Gasteiger partial charge in [0.2, 0.25) is 0 Å². The number of carbonyl (C=O) groups is 1. The number of rotatable bonds is 2. The summed E-state index contributed by atoms with van der Waals surface area (Å²) in [7, 11) is 0. The van der Waals surface area contributed by atoms with Crippen molar-refractivity contribution in [3.8, 4) is 0 Å². The van der Waals surface area contributed by atoms with Gasteiger partial charge < -0.3 is 9.66 Å². The van der Waals surface area contributed by atoms with Gasteiger partial charge in [-0.25, -0.2) is 4.79 Å². The van der Waals surface area contributed by atoms with E-state index < -0.39 is 22.1 Å². The molecule has 0 aliphatic carbocycles. The fourth-order valence-corrected chi connectivity index (χ4v) is 2.51. The second-order valence-electron chi connectivity index (χ2n) is 4.72. The van der Waals surface area contributed by atoms with Crippen molar-refractivity contribution >= 4 is 17.3 Å². The van der Waals surface area contributed by atoms with Gasteiger partial charge in [-0.15, -0.1) is 0 Å². The summed E-state index contributed by atoms with van der Waals surface area (Å²) in [5, 5.41) is 9.22. The fraction of sp³-hybridized carbons (Fsp3) is 0.417. The van der Waals surface area contributed by atoms with Gasteiger partial charge in [-0.1, -0.05) is 12.2 Å². The zero-order chi connectivity index (χ0) is 13.2. The molecule has 0 spiro atoms. The summed E-state index contributed by atoms with van der Waals surface area (Å²) in [5.74, 6) is -1.07. The van der Waals surface area contributed by atoms with Gasteiger partial charge >= 0.3 is 5.97 Å². The van der Waals surface area contributed by atoms with Crippen LogP contribution in [-0.4, -0.2) is 24.7 Å². The lowest BCUT2D eigenvalue weighted by Crippen LogP contribution is -2.41. The zero-order valence-corrected chi connectivity index (χ0v) is 11.2. The van der Waals surface area contributed by atoms with Crippen molar-refractivity contribution in [1.29, 1.82) is 0 Å². The number of allylic oxidation sites excluding steroid dienone is 4. The van der Waals surface area contributed by atoms with Crippen molar-refractivity contribution in [2.24, 2.45) is 0 Å². The number of hydrogen-bond donors (Lipinski definition) is 1.